The SMILES string of the molecule is Nc1cc(Cl)cc(S(=O)(=O)Nc2cnccc2Cl)c1Br. The van der Waals surface area contributed by atoms with Crippen molar-refractivity contribution < 1.29 is 8.42 Å². The molecule has 0 radical (unpaired) electrons. The molecule has 1 aromatic heterocycles. The van der Waals surface area contributed by atoms with Crippen molar-refractivity contribution in [3.8, 4) is 0 Å². The molecule has 20 heavy (non-hydrogen) atoms. The maximum Gasteiger partial charge on any atom is 0.263 e. The van der Waals surface area contributed by atoms with E-state index in [1.54, 1.807) is 0 Å². The van der Waals surface area contributed by atoms with Crippen molar-refractivity contribution in [3.05, 3.63) is 45.1 Å². The van der Waals surface area contributed by atoms with E-state index in [0.717, 1.165) is 0 Å². The van der Waals surface area contributed by atoms with Crippen LogP contribution in [0.5, 0.6) is 0 Å². The number of aromatic nitrogens is 1. The van der Waals surface area contributed by atoms with E-state index in [4.69, 9.17) is 28.9 Å². The molecule has 3 N–H and O–H groups in total. The van der Waals surface area contributed by atoms with Crippen molar-refractivity contribution in [1.29, 1.82) is 0 Å². The first-order chi connectivity index (χ1) is 9.31. The minimum atomic E-state index is -3.90. The van der Waals surface area contributed by atoms with Crippen molar-refractivity contribution >= 4 is 60.5 Å². The van der Waals surface area contributed by atoms with E-state index >= 15 is 0 Å². The summed E-state index contributed by atoms with van der Waals surface area (Å²) < 4.78 is 27.2. The van der Waals surface area contributed by atoms with Crippen LogP contribution in [0.25, 0.3) is 0 Å². The van der Waals surface area contributed by atoms with Gasteiger partial charge in [-0.2, -0.15) is 0 Å². The molecule has 106 valence electrons. The van der Waals surface area contributed by atoms with Gasteiger partial charge in [-0.15, -0.1) is 0 Å². The van der Waals surface area contributed by atoms with E-state index < -0.39 is 10.0 Å². The smallest absolute Gasteiger partial charge is 0.263 e. The number of nitrogens with zero attached hydrogens (tertiary/aromatic N) is 1. The summed E-state index contributed by atoms with van der Waals surface area (Å²) in [5.74, 6) is 0. The van der Waals surface area contributed by atoms with E-state index in [-0.39, 0.29) is 30.8 Å². The van der Waals surface area contributed by atoms with Crippen LogP contribution >= 0.6 is 39.1 Å². The van der Waals surface area contributed by atoms with Gasteiger partial charge in [0.2, 0.25) is 0 Å². The number of hydrogen-bond donors (Lipinski definition) is 2. The van der Waals surface area contributed by atoms with Gasteiger partial charge in [-0.3, -0.25) is 9.71 Å². The fourth-order valence-corrected chi connectivity index (χ4v) is 4.00. The third-order valence-electron chi connectivity index (χ3n) is 2.33. The third kappa shape index (κ3) is 3.17. The molecule has 0 bridgehead atoms. The van der Waals surface area contributed by atoms with Crippen molar-refractivity contribution in [2.24, 2.45) is 0 Å². The van der Waals surface area contributed by atoms with Gasteiger partial charge < -0.3 is 5.73 Å². The average molecular weight is 397 g/mol. The Hall–Kier alpha value is -1.02. The van der Waals surface area contributed by atoms with Crippen LogP contribution in [0.2, 0.25) is 10.0 Å². The summed E-state index contributed by atoms with van der Waals surface area (Å²) in [5, 5.41) is 0.443. The number of rotatable bonds is 3. The molecule has 0 spiro atoms. The lowest BCUT2D eigenvalue weighted by molar-refractivity contribution is 0.601. The lowest BCUT2D eigenvalue weighted by Gasteiger charge is -2.12. The summed E-state index contributed by atoms with van der Waals surface area (Å²) in [6.07, 6.45) is 2.76. The number of nitrogens with one attached hydrogen (secondary N) is 1. The maximum absolute atomic E-state index is 12.3. The maximum atomic E-state index is 12.3. The van der Waals surface area contributed by atoms with Gasteiger partial charge in [-0.1, -0.05) is 23.2 Å². The lowest BCUT2D eigenvalue weighted by atomic mass is 10.3. The number of nitrogen functional groups attached to an aromatic ring is 1. The Morgan fingerprint density at radius 2 is 2.00 bits per heavy atom. The van der Waals surface area contributed by atoms with E-state index in [1.165, 1.54) is 30.6 Å². The lowest BCUT2D eigenvalue weighted by Crippen LogP contribution is -2.14. The molecule has 1 heterocycles. The van der Waals surface area contributed by atoms with Gasteiger partial charge in [0.1, 0.15) is 4.90 Å². The largest absolute Gasteiger partial charge is 0.398 e. The van der Waals surface area contributed by atoms with Gasteiger partial charge in [0.05, 0.1) is 21.4 Å². The first kappa shape index (κ1) is 15.4. The molecule has 2 rings (SSSR count). The second-order valence-electron chi connectivity index (χ2n) is 3.77. The van der Waals surface area contributed by atoms with Crippen LogP contribution in [0.3, 0.4) is 0 Å². The van der Waals surface area contributed by atoms with Crippen LogP contribution in [-0.4, -0.2) is 13.4 Å². The molecule has 0 fully saturated rings. The molecule has 0 atom stereocenters. The van der Waals surface area contributed by atoms with Gasteiger partial charge >= 0.3 is 0 Å². The van der Waals surface area contributed by atoms with E-state index in [2.05, 4.69) is 25.6 Å². The van der Waals surface area contributed by atoms with Gasteiger partial charge in [0, 0.05) is 16.9 Å². The summed E-state index contributed by atoms with van der Waals surface area (Å²) in [5.41, 5.74) is 6.06. The first-order valence-electron chi connectivity index (χ1n) is 5.18. The molecule has 0 saturated carbocycles. The van der Waals surface area contributed by atoms with Crippen molar-refractivity contribution in [2.75, 3.05) is 10.5 Å². The van der Waals surface area contributed by atoms with Crippen molar-refractivity contribution in [2.45, 2.75) is 4.90 Å². The predicted molar refractivity (Wildman–Crippen MR) is 83.6 cm³/mol. The highest BCUT2D eigenvalue weighted by molar-refractivity contribution is 9.10. The van der Waals surface area contributed by atoms with E-state index in [0.29, 0.717) is 0 Å². The van der Waals surface area contributed by atoms with E-state index in [1.807, 2.05) is 0 Å². The third-order valence-corrected chi connectivity index (χ3v) is 5.42. The number of hydrogen-bond acceptors (Lipinski definition) is 4. The number of nitrogens with two attached hydrogens (primary N) is 1. The van der Waals surface area contributed by atoms with Gasteiger partial charge in [-0.25, -0.2) is 8.42 Å². The molecule has 0 aliphatic rings. The molecule has 0 amide bonds. The molecule has 0 aliphatic heterocycles. The summed E-state index contributed by atoms with van der Waals surface area (Å²) >= 11 is 14.9. The normalized spacial score (nSPS) is 11.3. The second-order valence-corrected chi connectivity index (χ2v) is 7.06. The fourth-order valence-electron chi connectivity index (χ4n) is 1.43. The highest BCUT2D eigenvalue weighted by atomic mass is 79.9. The zero-order valence-electron chi connectivity index (χ0n) is 9.77. The number of halogens is 3. The predicted octanol–water partition coefficient (Wildman–Crippen LogP) is 3.53. The molecule has 1 aromatic carbocycles. The molecular weight excluding hydrogens is 389 g/mol. The zero-order chi connectivity index (χ0) is 14.9. The summed E-state index contributed by atoms with van der Waals surface area (Å²) in [6.45, 7) is 0. The number of anilines is 2. The minimum Gasteiger partial charge on any atom is -0.398 e. The molecule has 0 unspecified atom stereocenters. The van der Waals surface area contributed by atoms with Gasteiger partial charge in [-0.05, 0) is 34.1 Å². The number of benzene rings is 1. The molecular formula is C11H8BrCl2N3O2S. The summed E-state index contributed by atoms with van der Waals surface area (Å²) in [6, 6.07) is 4.21. The Balaban J connectivity index is 2.49. The molecule has 9 heteroatoms. The molecule has 0 aliphatic carbocycles. The molecule has 2 aromatic rings. The Bertz CT molecular complexity index is 768. The Morgan fingerprint density at radius 1 is 1.30 bits per heavy atom. The highest BCUT2D eigenvalue weighted by Gasteiger charge is 2.21. The standard InChI is InChI=1S/C11H8BrCl2N3O2S/c12-11-8(15)3-6(13)4-10(11)20(18,19)17-9-5-16-2-1-7(9)14/h1-5,17H,15H2. The second kappa shape index (κ2) is 5.77. The van der Waals surface area contributed by atoms with Crippen LogP contribution < -0.4 is 10.5 Å². The van der Waals surface area contributed by atoms with Crippen LogP contribution in [0.1, 0.15) is 0 Å². The first-order valence-corrected chi connectivity index (χ1v) is 8.21. The highest BCUT2D eigenvalue weighted by Crippen LogP contribution is 2.33. The average Bonchev–Trinajstić information content (AvgIpc) is 2.36. The van der Waals surface area contributed by atoms with Gasteiger partial charge in [0.15, 0.2) is 0 Å². The monoisotopic (exact) mass is 395 g/mol. The fraction of sp³-hybridized carbons (Fsp3) is 0. The quantitative estimate of drug-likeness (QED) is 0.777. The van der Waals surface area contributed by atoms with Gasteiger partial charge in [0.25, 0.3) is 10.0 Å². The van der Waals surface area contributed by atoms with Crippen LogP contribution in [-0.2, 0) is 10.0 Å². The topological polar surface area (TPSA) is 85.1 Å². The number of sulfonamides is 1. The number of pyridine rings is 1. The summed E-state index contributed by atoms with van der Waals surface area (Å²) in [7, 11) is -3.90. The Morgan fingerprint density at radius 3 is 2.65 bits per heavy atom. The van der Waals surface area contributed by atoms with Crippen LogP contribution in [0.4, 0.5) is 11.4 Å². The Labute approximate surface area is 134 Å². The summed E-state index contributed by atoms with van der Waals surface area (Å²) in [4.78, 5) is 3.73. The van der Waals surface area contributed by atoms with Crippen LogP contribution in [0, 0.1) is 0 Å². The molecule has 5 nitrogen and oxygen atoms in total. The van der Waals surface area contributed by atoms with E-state index in [9.17, 15) is 8.42 Å². The minimum absolute atomic E-state index is 0.0811. The van der Waals surface area contributed by atoms with Crippen LogP contribution in [0.15, 0.2) is 40.0 Å². The van der Waals surface area contributed by atoms with Crippen molar-refractivity contribution in [1.82, 2.24) is 4.98 Å². The zero-order valence-corrected chi connectivity index (χ0v) is 13.7. The molecule has 0 saturated heterocycles. The van der Waals surface area contributed by atoms with Crippen molar-refractivity contribution in [3.63, 3.8) is 0 Å². The Kier molecular flexibility index (Phi) is 4.43.